The molecule has 0 heterocycles. The number of carbonyl (C=O) groups is 1. The number of nitrogens with one attached hydrogen (secondary N) is 1. The van der Waals surface area contributed by atoms with Crippen LogP contribution in [0.4, 0.5) is 4.79 Å². The monoisotopic (exact) mass is 281 g/mol. The molecule has 0 spiro atoms. The maximum atomic E-state index is 11.3. The Kier molecular flexibility index (Phi) is 12.5. The van der Waals surface area contributed by atoms with Crippen molar-refractivity contribution < 1.29 is 15.7 Å². The Hall–Kier alpha value is -1.73. The van der Waals surface area contributed by atoms with Gasteiger partial charge in [-0.15, -0.1) is 0 Å². The van der Waals surface area contributed by atoms with Crippen molar-refractivity contribution in [2.75, 3.05) is 26.4 Å². The van der Waals surface area contributed by atoms with E-state index in [1.807, 2.05) is 32.9 Å². The maximum Gasteiger partial charge on any atom is 0.407 e. The largest absolute Gasteiger partial charge is 0.444 e. The molecular weight excluding hydrogens is 254 g/mol. The molecule has 4 heteroatoms. The van der Waals surface area contributed by atoms with Gasteiger partial charge >= 0.3 is 6.09 Å². The molecule has 0 atom stereocenters. The van der Waals surface area contributed by atoms with E-state index in [0.717, 1.165) is 31.6 Å². The van der Waals surface area contributed by atoms with Gasteiger partial charge in [0.25, 0.3) is 0 Å². The van der Waals surface area contributed by atoms with Gasteiger partial charge in [0.2, 0.25) is 0 Å². The molecule has 20 heavy (non-hydrogen) atoms. The van der Waals surface area contributed by atoms with Gasteiger partial charge in [0, 0.05) is 26.8 Å². The summed E-state index contributed by atoms with van der Waals surface area (Å²) in [6.07, 6.45) is 6.86. The average molecular weight is 281 g/mol. The zero-order valence-electron chi connectivity index (χ0n) is 12.7. The number of rotatable bonds is 8. The Morgan fingerprint density at radius 3 is 2.85 bits per heavy atom. The van der Waals surface area contributed by atoms with Crippen LogP contribution in [0, 0.1) is 0 Å². The second kappa shape index (κ2) is 13.7. The number of unbranched alkanes of at least 4 members (excludes halogenated alkanes) is 1. The molecule has 114 valence electrons. The molecule has 0 aromatic carbocycles. The van der Waals surface area contributed by atoms with Crippen LogP contribution >= 0.6 is 0 Å². The van der Waals surface area contributed by atoms with Crippen molar-refractivity contribution in [3.63, 3.8) is 0 Å². The van der Waals surface area contributed by atoms with Crippen molar-refractivity contribution in [1.29, 1.82) is 0 Å². The minimum absolute atomic E-state index is 0. The lowest BCUT2D eigenvalue weighted by atomic mass is 10.2. The van der Waals surface area contributed by atoms with Crippen molar-refractivity contribution in [3.05, 3.63) is 35.3 Å². The molecule has 1 amide bonds. The lowest BCUT2D eigenvalue weighted by Gasteiger charge is -2.06. The van der Waals surface area contributed by atoms with Crippen LogP contribution in [0.1, 0.15) is 35.0 Å². The Labute approximate surface area is 123 Å². The molecule has 4 nitrogen and oxygen atoms in total. The summed E-state index contributed by atoms with van der Waals surface area (Å²) in [4.78, 5) is 11.3. The zero-order chi connectivity index (χ0) is 15.1. The highest BCUT2D eigenvalue weighted by Gasteiger charge is 2.02. The zero-order valence-corrected chi connectivity index (χ0v) is 12.7. The summed E-state index contributed by atoms with van der Waals surface area (Å²) >= 11 is 0. The summed E-state index contributed by atoms with van der Waals surface area (Å²) in [6.45, 7) is 8.27. The summed E-state index contributed by atoms with van der Waals surface area (Å²) in [6, 6.07) is 0. The van der Waals surface area contributed by atoms with Gasteiger partial charge in [-0.25, -0.2) is 4.79 Å². The van der Waals surface area contributed by atoms with Gasteiger partial charge in [-0.3, -0.25) is 0 Å². The molecule has 0 unspecified atom stereocenters. The average Bonchev–Trinajstić information content (AvgIpc) is 2.52. The van der Waals surface area contributed by atoms with Crippen LogP contribution in [0.25, 0.3) is 0 Å². The second-order valence-electron chi connectivity index (χ2n) is 3.73. The fraction of sp³-hybridized carbons (Fsp3) is 0.562. The summed E-state index contributed by atoms with van der Waals surface area (Å²) in [5.41, 5.74) is 6.48. The number of ether oxygens (including phenoxy) is 2. The van der Waals surface area contributed by atoms with E-state index in [-0.39, 0.29) is 8.03 Å². The maximum absolute atomic E-state index is 11.3. The third-order valence-electron chi connectivity index (χ3n) is 2.26. The van der Waals surface area contributed by atoms with Gasteiger partial charge < -0.3 is 14.8 Å². The number of allylic oxidation sites excluding steroid dienone is 2. The molecule has 1 N–H and O–H groups in total. The number of carbonyl (C=O) groups excluding carboxylic acids is 1. The van der Waals surface area contributed by atoms with E-state index in [9.17, 15) is 4.79 Å². The first-order valence-corrected chi connectivity index (χ1v) is 7.18. The molecule has 0 saturated heterocycles. The highest BCUT2D eigenvalue weighted by atomic mass is 16.5. The van der Waals surface area contributed by atoms with Crippen LogP contribution in [0.5, 0.6) is 0 Å². The molecule has 0 aliphatic heterocycles. The highest BCUT2D eigenvalue weighted by Crippen LogP contribution is 1.99. The molecule has 0 fully saturated rings. The van der Waals surface area contributed by atoms with Crippen molar-refractivity contribution in [2.45, 2.75) is 33.6 Å². The SMILES string of the molecule is CC.CCOCCCCNC(=O)OCC1=C=C=CC=C1.[HH]. The third kappa shape index (κ3) is 10.2. The van der Waals surface area contributed by atoms with Crippen LogP contribution in [-0.2, 0) is 9.47 Å². The first kappa shape index (κ1) is 18.3. The lowest BCUT2D eigenvalue weighted by Crippen LogP contribution is -2.26. The van der Waals surface area contributed by atoms with Crippen LogP contribution in [0.2, 0.25) is 0 Å². The van der Waals surface area contributed by atoms with Crippen molar-refractivity contribution in [3.8, 4) is 0 Å². The van der Waals surface area contributed by atoms with E-state index >= 15 is 0 Å². The minimum Gasteiger partial charge on any atom is -0.444 e. The predicted octanol–water partition coefficient (Wildman–Crippen LogP) is 3.61. The number of alkyl carbamates (subject to hydrolysis) is 1. The van der Waals surface area contributed by atoms with Gasteiger partial charge in [0.05, 0.1) is 0 Å². The number of hydrogen-bond donors (Lipinski definition) is 1. The molecule has 0 bridgehead atoms. The highest BCUT2D eigenvalue weighted by molar-refractivity contribution is 5.67. The molecule has 0 aromatic heterocycles. The van der Waals surface area contributed by atoms with Crippen LogP contribution in [0.15, 0.2) is 35.3 Å². The van der Waals surface area contributed by atoms with Gasteiger partial charge in [0.15, 0.2) is 0 Å². The minimum atomic E-state index is -0.399. The standard InChI is InChI=1S/C14H19NO3.C2H6.H2/c1-2-17-11-7-6-10-15-14(16)18-12-13-8-4-3-5-9-13;1-2;/h3-4,8H,2,6-7,10-12H2,1H3,(H,15,16);1-2H3;1H. The number of amides is 1. The van der Waals surface area contributed by atoms with E-state index < -0.39 is 6.09 Å². The fourth-order valence-corrected chi connectivity index (χ4v) is 1.33. The van der Waals surface area contributed by atoms with Crippen molar-refractivity contribution in [2.24, 2.45) is 0 Å². The Balaban J connectivity index is 0. The molecule has 0 aromatic rings. The molecular formula is C16H27NO3. The van der Waals surface area contributed by atoms with Gasteiger partial charge in [-0.05, 0) is 31.9 Å². The molecule has 0 radical (unpaired) electrons. The molecule has 1 aliphatic carbocycles. The molecule has 0 saturated carbocycles. The van der Waals surface area contributed by atoms with Crippen LogP contribution in [-0.4, -0.2) is 32.5 Å². The normalized spacial score (nSPS) is 11.4. The molecule has 1 rings (SSSR count). The Morgan fingerprint density at radius 1 is 1.40 bits per heavy atom. The third-order valence-corrected chi connectivity index (χ3v) is 2.26. The summed E-state index contributed by atoms with van der Waals surface area (Å²) < 4.78 is 10.2. The summed E-state index contributed by atoms with van der Waals surface area (Å²) in [5, 5.41) is 2.69. The van der Waals surface area contributed by atoms with Crippen LogP contribution < -0.4 is 5.32 Å². The van der Waals surface area contributed by atoms with Crippen molar-refractivity contribution >= 4 is 6.09 Å². The number of hydrogen-bond acceptors (Lipinski definition) is 3. The summed E-state index contributed by atoms with van der Waals surface area (Å²) in [5.74, 6) is 0. The van der Waals surface area contributed by atoms with Crippen LogP contribution in [0.3, 0.4) is 0 Å². The topological polar surface area (TPSA) is 47.6 Å². The second-order valence-corrected chi connectivity index (χ2v) is 3.73. The Morgan fingerprint density at radius 2 is 2.20 bits per heavy atom. The van der Waals surface area contributed by atoms with Crippen molar-refractivity contribution in [1.82, 2.24) is 5.32 Å². The first-order chi connectivity index (χ1) is 9.83. The smallest absolute Gasteiger partial charge is 0.407 e. The molecule has 1 aliphatic rings. The van der Waals surface area contributed by atoms with E-state index in [1.54, 1.807) is 6.08 Å². The van der Waals surface area contributed by atoms with E-state index in [0.29, 0.717) is 6.54 Å². The predicted molar refractivity (Wildman–Crippen MR) is 82.8 cm³/mol. The first-order valence-electron chi connectivity index (χ1n) is 7.18. The fourth-order valence-electron chi connectivity index (χ4n) is 1.33. The van der Waals surface area contributed by atoms with E-state index in [1.165, 1.54) is 0 Å². The summed E-state index contributed by atoms with van der Waals surface area (Å²) in [7, 11) is 0. The van der Waals surface area contributed by atoms with E-state index in [4.69, 9.17) is 9.47 Å². The van der Waals surface area contributed by atoms with Gasteiger partial charge in [0.1, 0.15) is 6.61 Å². The van der Waals surface area contributed by atoms with Gasteiger partial charge in [-0.2, -0.15) is 0 Å². The quantitative estimate of drug-likeness (QED) is 0.546. The lowest BCUT2D eigenvalue weighted by molar-refractivity contribution is 0.141. The Bertz CT molecular complexity index is 392. The van der Waals surface area contributed by atoms with E-state index in [2.05, 4.69) is 16.8 Å². The van der Waals surface area contributed by atoms with Gasteiger partial charge in [-0.1, -0.05) is 31.4 Å².